The van der Waals surface area contributed by atoms with Gasteiger partial charge in [0.05, 0.1) is 25.1 Å². The van der Waals surface area contributed by atoms with E-state index in [1.807, 2.05) is 12.1 Å². The average molecular weight is 514 g/mol. The molecule has 9 heteroatoms. The van der Waals surface area contributed by atoms with Crippen molar-refractivity contribution < 1.29 is 24.0 Å². The van der Waals surface area contributed by atoms with Crippen molar-refractivity contribution in [1.82, 2.24) is 4.90 Å². The van der Waals surface area contributed by atoms with Crippen molar-refractivity contribution in [3.63, 3.8) is 0 Å². The fourth-order valence-electron chi connectivity index (χ4n) is 6.84. The van der Waals surface area contributed by atoms with Crippen LogP contribution in [0.5, 0.6) is 11.5 Å². The molecule has 6 rings (SSSR count). The number of nitrogens with zero attached hydrogens (tertiary/aromatic N) is 2. The van der Waals surface area contributed by atoms with Crippen LogP contribution in [0.2, 0.25) is 0 Å². The fourth-order valence-corrected chi connectivity index (χ4v) is 6.84. The molecule has 9 nitrogen and oxygen atoms in total. The van der Waals surface area contributed by atoms with E-state index in [0.29, 0.717) is 40.4 Å². The zero-order valence-corrected chi connectivity index (χ0v) is 21.0. The van der Waals surface area contributed by atoms with Crippen LogP contribution in [0.15, 0.2) is 66.7 Å². The molecule has 0 radical (unpaired) electrons. The van der Waals surface area contributed by atoms with Crippen LogP contribution in [-0.2, 0) is 10.3 Å². The fraction of sp³-hybridized carbons (Fsp3) is 0.310. The van der Waals surface area contributed by atoms with Gasteiger partial charge in [-0.15, -0.1) is 0 Å². The van der Waals surface area contributed by atoms with Crippen LogP contribution in [0.4, 0.5) is 11.4 Å². The smallest absolute Gasteiger partial charge is 0.269 e. The minimum atomic E-state index is -1.29. The van der Waals surface area contributed by atoms with Gasteiger partial charge in [-0.25, -0.2) is 0 Å². The number of hydrogen-bond donors (Lipinski definition) is 1. The number of amides is 1. The monoisotopic (exact) mass is 513 g/mol. The number of fused-ring (bicyclic) bond motifs is 4. The molecule has 3 aromatic carbocycles. The maximum atomic E-state index is 14.6. The number of non-ortho nitro benzene ring substituents is 1. The Morgan fingerprint density at radius 3 is 2.58 bits per heavy atom. The maximum absolute atomic E-state index is 14.6. The molecule has 4 atom stereocenters. The normalized spacial score (nSPS) is 25.6. The van der Waals surface area contributed by atoms with E-state index in [1.54, 1.807) is 55.6 Å². The van der Waals surface area contributed by atoms with Crippen LogP contribution >= 0.6 is 0 Å². The SMILES string of the molecule is COc1cccc(C(=O)C2C(c3cccc([N+](=O)[O-])c3)C3CCCN3[C@@]23C(=O)Nc2ccc(OC)cc23)c1. The number of nitrogens with one attached hydrogen (secondary N) is 1. The number of nitro benzene ring substituents is 1. The standard InChI is InChI=1S/C29H27N3O6/c1-37-20-9-4-7-18(15-20)27(33)26-25(17-6-3-8-19(14-17)32(35)36)24-10-5-13-31(24)29(26)22-16-21(38-2)11-12-23(22)30-28(29)34/h3-4,6-9,11-12,14-16,24-26H,5,10,13H2,1-2H3,(H,30,34)/t24?,25?,26?,29-/m1/s1. The van der Waals surface area contributed by atoms with Crippen molar-refractivity contribution in [3.05, 3.63) is 93.5 Å². The first-order chi connectivity index (χ1) is 18.4. The van der Waals surface area contributed by atoms with E-state index >= 15 is 0 Å². The number of Topliss-reactive ketones (excluding diaryl/α,β-unsaturated/α-hetero) is 1. The third-order valence-electron chi connectivity index (χ3n) is 8.31. The summed E-state index contributed by atoms with van der Waals surface area (Å²) in [5, 5.41) is 14.7. The van der Waals surface area contributed by atoms with Crippen molar-refractivity contribution in [1.29, 1.82) is 0 Å². The first-order valence-corrected chi connectivity index (χ1v) is 12.6. The molecular formula is C29H27N3O6. The molecule has 3 heterocycles. The van der Waals surface area contributed by atoms with Gasteiger partial charge in [0, 0.05) is 40.9 Å². The largest absolute Gasteiger partial charge is 0.497 e. The molecule has 1 spiro atoms. The summed E-state index contributed by atoms with van der Waals surface area (Å²) < 4.78 is 10.9. The minimum absolute atomic E-state index is 0.0430. The lowest BCUT2D eigenvalue weighted by Crippen LogP contribution is -2.52. The number of hydrogen-bond acceptors (Lipinski definition) is 7. The third-order valence-corrected chi connectivity index (χ3v) is 8.31. The Morgan fingerprint density at radius 1 is 1.05 bits per heavy atom. The molecule has 1 amide bonds. The van der Waals surface area contributed by atoms with Gasteiger partial charge in [-0.2, -0.15) is 0 Å². The molecule has 0 aromatic heterocycles. The van der Waals surface area contributed by atoms with Gasteiger partial charge in [0.15, 0.2) is 5.78 Å². The molecule has 0 bridgehead atoms. The summed E-state index contributed by atoms with van der Waals surface area (Å²) in [6.45, 7) is 0.627. The van der Waals surface area contributed by atoms with Gasteiger partial charge in [0.2, 0.25) is 5.91 Å². The molecule has 3 aliphatic heterocycles. The number of carbonyl (C=O) groups excluding carboxylic acids is 2. The second kappa shape index (κ2) is 8.95. The van der Waals surface area contributed by atoms with Gasteiger partial charge in [0.25, 0.3) is 5.69 Å². The summed E-state index contributed by atoms with van der Waals surface area (Å²) in [7, 11) is 3.10. The summed E-state index contributed by atoms with van der Waals surface area (Å²) >= 11 is 0. The lowest BCUT2D eigenvalue weighted by Gasteiger charge is -2.37. The molecule has 38 heavy (non-hydrogen) atoms. The lowest BCUT2D eigenvalue weighted by molar-refractivity contribution is -0.384. The molecule has 1 N–H and O–H groups in total. The minimum Gasteiger partial charge on any atom is -0.497 e. The summed E-state index contributed by atoms with van der Waals surface area (Å²) in [6, 6.07) is 18.7. The van der Waals surface area contributed by atoms with Crippen molar-refractivity contribution in [2.45, 2.75) is 30.3 Å². The molecule has 2 fully saturated rings. The Morgan fingerprint density at radius 2 is 1.82 bits per heavy atom. The zero-order valence-electron chi connectivity index (χ0n) is 21.0. The third kappa shape index (κ3) is 3.35. The predicted octanol–water partition coefficient (Wildman–Crippen LogP) is 4.52. The van der Waals surface area contributed by atoms with Crippen molar-refractivity contribution in [2.75, 3.05) is 26.1 Å². The van der Waals surface area contributed by atoms with Gasteiger partial charge in [-0.3, -0.25) is 24.6 Å². The lowest BCUT2D eigenvalue weighted by atomic mass is 9.68. The van der Waals surface area contributed by atoms with Gasteiger partial charge in [-0.05, 0) is 55.3 Å². The van der Waals surface area contributed by atoms with Crippen LogP contribution < -0.4 is 14.8 Å². The molecule has 0 saturated carbocycles. The highest BCUT2D eigenvalue weighted by Crippen LogP contribution is 2.61. The topological polar surface area (TPSA) is 111 Å². The summed E-state index contributed by atoms with van der Waals surface area (Å²) in [6.07, 6.45) is 1.62. The average Bonchev–Trinajstić information content (AvgIpc) is 3.61. The summed E-state index contributed by atoms with van der Waals surface area (Å²) in [5.41, 5.74) is 1.11. The first-order valence-electron chi connectivity index (χ1n) is 12.6. The highest BCUT2D eigenvalue weighted by molar-refractivity contribution is 6.12. The highest BCUT2D eigenvalue weighted by Gasteiger charge is 2.69. The maximum Gasteiger partial charge on any atom is 0.269 e. The molecule has 3 aliphatic rings. The molecule has 3 aromatic rings. The number of carbonyl (C=O) groups is 2. The number of ketones is 1. The van der Waals surface area contributed by atoms with Crippen molar-refractivity contribution >= 4 is 23.1 Å². The Hall–Kier alpha value is -4.24. The van der Waals surface area contributed by atoms with E-state index in [9.17, 15) is 19.7 Å². The Bertz CT molecular complexity index is 1470. The van der Waals surface area contributed by atoms with Gasteiger partial charge >= 0.3 is 0 Å². The van der Waals surface area contributed by atoms with E-state index < -0.39 is 22.3 Å². The number of rotatable bonds is 6. The summed E-state index contributed by atoms with van der Waals surface area (Å²) in [5.74, 6) is -0.633. The van der Waals surface area contributed by atoms with Gasteiger partial charge < -0.3 is 14.8 Å². The Kier molecular flexibility index (Phi) is 5.68. The Labute approximate surface area is 219 Å². The molecule has 2 saturated heterocycles. The van der Waals surface area contributed by atoms with E-state index in [2.05, 4.69) is 10.2 Å². The van der Waals surface area contributed by atoms with Crippen LogP contribution in [0.25, 0.3) is 0 Å². The number of anilines is 1. The van der Waals surface area contributed by atoms with Gasteiger partial charge in [-0.1, -0.05) is 24.3 Å². The molecular weight excluding hydrogens is 486 g/mol. The van der Waals surface area contributed by atoms with Crippen LogP contribution in [0.3, 0.4) is 0 Å². The second-order valence-corrected chi connectivity index (χ2v) is 9.99. The van der Waals surface area contributed by atoms with E-state index in [1.165, 1.54) is 13.2 Å². The number of ether oxygens (including phenoxy) is 2. The quantitative estimate of drug-likeness (QED) is 0.293. The van der Waals surface area contributed by atoms with Gasteiger partial charge in [0.1, 0.15) is 17.0 Å². The van der Waals surface area contributed by atoms with E-state index in [-0.39, 0.29) is 23.4 Å². The first kappa shape index (κ1) is 24.1. The number of methoxy groups -OCH3 is 2. The number of benzene rings is 3. The van der Waals surface area contributed by atoms with E-state index in [4.69, 9.17) is 9.47 Å². The van der Waals surface area contributed by atoms with Crippen LogP contribution in [0.1, 0.15) is 40.2 Å². The van der Waals surface area contributed by atoms with Crippen molar-refractivity contribution in [3.8, 4) is 11.5 Å². The van der Waals surface area contributed by atoms with Crippen LogP contribution in [-0.4, -0.2) is 48.3 Å². The van der Waals surface area contributed by atoms with Crippen molar-refractivity contribution in [2.24, 2.45) is 5.92 Å². The number of nitro groups is 1. The predicted molar refractivity (Wildman–Crippen MR) is 140 cm³/mol. The second-order valence-electron chi connectivity index (χ2n) is 9.99. The van der Waals surface area contributed by atoms with Crippen LogP contribution in [0, 0.1) is 16.0 Å². The molecule has 3 unspecified atom stereocenters. The molecule has 0 aliphatic carbocycles. The zero-order chi connectivity index (χ0) is 26.6. The Balaban J connectivity index is 1.62. The molecule has 194 valence electrons. The van der Waals surface area contributed by atoms with E-state index in [0.717, 1.165) is 12.8 Å². The highest BCUT2D eigenvalue weighted by atomic mass is 16.6. The summed E-state index contributed by atoms with van der Waals surface area (Å²) in [4.78, 5) is 42.1.